The van der Waals surface area contributed by atoms with Gasteiger partial charge in [-0.2, -0.15) is 0 Å². The zero-order valence-corrected chi connectivity index (χ0v) is 11.7. The fourth-order valence-electron chi connectivity index (χ4n) is 1.76. The summed E-state index contributed by atoms with van der Waals surface area (Å²) in [4.78, 5) is 18.1. The van der Waals surface area contributed by atoms with Crippen molar-refractivity contribution < 1.29 is 4.79 Å². The molecule has 0 aliphatic carbocycles. The molecule has 2 unspecified atom stereocenters. The Kier molecular flexibility index (Phi) is 5.28. The highest BCUT2D eigenvalue weighted by molar-refractivity contribution is 5.81. The maximum Gasteiger partial charge on any atom is 0.239 e. The minimum Gasteiger partial charge on any atom is -0.339 e. The lowest BCUT2D eigenvalue weighted by molar-refractivity contribution is -0.133. The first-order valence-electron chi connectivity index (χ1n) is 6.38. The normalized spacial score (nSPS) is 14.1. The third-order valence-electron chi connectivity index (χ3n) is 3.26. The molecule has 0 bridgehead atoms. The average Bonchev–Trinajstić information content (AvgIpc) is 2.36. The van der Waals surface area contributed by atoms with Crippen molar-refractivity contribution in [3.05, 3.63) is 29.6 Å². The van der Waals surface area contributed by atoms with Crippen LogP contribution in [0.2, 0.25) is 0 Å². The SMILES string of the molecule is CCC(C)C(N)C(=O)N(C)Cc1cccc(C)n1. The smallest absolute Gasteiger partial charge is 0.239 e. The Morgan fingerprint density at radius 1 is 1.50 bits per heavy atom. The number of hydrogen-bond donors (Lipinski definition) is 1. The van der Waals surface area contributed by atoms with E-state index < -0.39 is 6.04 Å². The molecule has 0 aromatic carbocycles. The molecule has 2 atom stereocenters. The molecule has 2 N–H and O–H groups in total. The van der Waals surface area contributed by atoms with Crippen molar-refractivity contribution in [3.8, 4) is 0 Å². The summed E-state index contributed by atoms with van der Waals surface area (Å²) in [5.74, 6) is 0.179. The van der Waals surface area contributed by atoms with Gasteiger partial charge >= 0.3 is 0 Å². The second-order valence-electron chi connectivity index (χ2n) is 4.88. The number of carbonyl (C=O) groups is 1. The second-order valence-corrected chi connectivity index (χ2v) is 4.88. The molecule has 1 heterocycles. The van der Waals surface area contributed by atoms with E-state index in [4.69, 9.17) is 5.73 Å². The monoisotopic (exact) mass is 249 g/mol. The Morgan fingerprint density at radius 2 is 2.17 bits per heavy atom. The summed E-state index contributed by atoms with van der Waals surface area (Å²) in [6, 6.07) is 5.39. The summed E-state index contributed by atoms with van der Waals surface area (Å²) >= 11 is 0. The van der Waals surface area contributed by atoms with Crippen LogP contribution in [-0.4, -0.2) is 28.9 Å². The molecule has 4 heteroatoms. The predicted molar refractivity (Wildman–Crippen MR) is 72.9 cm³/mol. The van der Waals surface area contributed by atoms with E-state index in [9.17, 15) is 4.79 Å². The summed E-state index contributed by atoms with van der Waals surface area (Å²) in [6.07, 6.45) is 0.906. The van der Waals surface area contributed by atoms with E-state index in [-0.39, 0.29) is 11.8 Å². The molecule has 18 heavy (non-hydrogen) atoms. The van der Waals surface area contributed by atoms with Crippen LogP contribution in [0, 0.1) is 12.8 Å². The van der Waals surface area contributed by atoms with E-state index in [1.54, 1.807) is 11.9 Å². The third-order valence-corrected chi connectivity index (χ3v) is 3.26. The minimum absolute atomic E-state index is 0.0207. The lowest BCUT2D eigenvalue weighted by Crippen LogP contribution is -2.45. The van der Waals surface area contributed by atoms with E-state index >= 15 is 0 Å². The highest BCUT2D eigenvalue weighted by Gasteiger charge is 2.22. The first-order valence-corrected chi connectivity index (χ1v) is 6.38. The largest absolute Gasteiger partial charge is 0.339 e. The van der Waals surface area contributed by atoms with Crippen LogP contribution in [0.25, 0.3) is 0 Å². The molecule has 0 spiro atoms. The number of aryl methyl sites for hydroxylation is 1. The van der Waals surface area contributed by atoms with Gasteiger partial charge < -0.3 is 10.6 Å². The second kappa shape index (κ2) is 6.50. The Balaban J connectivity index is 2.65. The molecular formula is C14H23N3O. The molecule has 0 aliphatic heterocycles. The van der Waals surface area contributed by atoms with Crippen LogP contribution in [0.4, 0.5) is 0 Å². The summed E-state index contributed by atoms with van der Waals surface area (Å²) in [6.45, 7) is 6.49. The van der Waals surface area contributed by atoms with Gasteiger partial charge in [0.25, 0.3) is 0 Å². The zero-order chi connectivity index (χ0) is 13.7. The predicted octanol–water partition coefficient (Wildman–Crippen LogP) is 1.72. The summed E-state index contributed by atoms with van der Waals surface area (Å²) < 4.78 is 0. The number of amides is 1. The van der Waals surface area contributed by atoms with Crippen LogP contribution >= 0.6 is 0 Å². The lowest BCUT2D eigenvalue weighted by atomic mass is 9.99. The highest BCUT2D eigenvalue weighted by atomic mass is 16.2. The molecule has 0 saturated heterocycles. The van der Waals surface area contributed by atoms with Gasteiger partial charge in [-0.15, -0.1) is 0 Å². The fourth-order valence-corrected chi connectivity index (χ4v) is 1.76. The summed E-state index contributed by atoms with van der Waals surface area (Å²) in [7, 11) is 1.77. The van der Waals surface area contributed by atoms with Gasteiger partial charge in [-0.3, -0.25) is 9.78 Å². The van der Waals surface area contributed by atoms with E-state index in [1.165, 1.54) is 0 Å². The molecule has 0 radical (unpaired) electrons. The average molecular weight is 249 g/mol. The topological polar surface area (TPSA) is 59.2 Å². The van der Waals surface area contributed by atoms with Gasteiger partial charge in [0.1, 0.15) is 0 Å². The number of nitrogens with zero attached hydrogens (tertiary/aromatic N) is 2. The summed E-state index contributed by atoms with van der Waals surface area (Å²) in [5.41, 5.74) is 7.79. The molecule has 4 nitrogen and oxygen atoms in total. The van der Waals surface area contributed by atoms with Crippen LogP contribution in [0.1, 0.15) is 31.7 Å². The van der Waals surface area contributed by atoms with Crippen molar-refractivity contribution in [2.24, 2.45) is 11.7 Å². The Labute approximate surface area is 109 Å². The van der Waals surface area contributed by atoms with Crippen molar-refractivity contribution in [1.29, 1.82) is 0 Å². The van der Waals surface area contributed by atoms with Crippen molar-refractivity contribution >= 4 is 5.91 Å². The number of hydrogen-bond acceptors (Lipinski definition) is 3. The standard InChI is InChI=1S/C14H23N3O/c1-5-10(2)13(15)14(18)17(4)9-12-8-6-7-11(3)16-12/h6-8,10,13H,5,9,15H2,1-4H3. The number of aromatic nitrogens is 1. The Hall–Kier alpha value is -1.42. The molecule has 1 aromatic heterocycles. The zero-order valence-electron chi connectivity index (χ0n) is 11.7. The number of likely N-dealkylation sites (N-methyl/N-ethyl adjacent to an activating group) is 1. The maximum atomic E-state index is 12.1. The van der Waals surface area contributed by atoms with Gasteiger partial charge in [0.2, 0.25) is 5.91 Å². The number of rotatable bonds is 5. The summed E-state index contributed by atoms with van der Waals surface area (Å²) in [5, 5.41) is 0. The van der Waals surface area contributed by atoms with Gasteiger partial charge in [0.05, 0.1) is 18.3 Å². The first-order chi connectivity index (χ1) is 8.45. The van der Waals surface area contributed by atoms with Crippen LogP contribution in [0.3, 0.4) is 0 Å². The number of nitrogens with two attached hydrogens (primary N) is 1. The molecule has 1 rings (SSSR count). The van der Waals surface area contributed by atoms with Gasteiger partial charge in [-0.25, -0.2) is 0 Å². The van der Waals surface area contributed by atoms with Gasteiger partial charge in [-0.1, -0.05) is 26.3 Å². The van der Waals surface area contributed by atoms with Crippen LogP contribution in [0.15, 0.2) is 18.2 Å². The molecule has 0 aliphatic rings. The van der Waals surface area contributed by atoms with Crippen molar-refractivity contribution in [3.63, 3.8) is 0 Å². The maximum absolute atomic E-state index is 12.1. The number of carbonyl (C=O) groups excluding carboxylic acids is 1. The van der Waals surface area contributed by atoms with E-state index in [0.717, 1.165) is 17.8 Å². The van der Waals surface area contributed by atoms with Crippen LogP contribution in [-0.2, 0) is 11.3 Å². The minimum atomic E-state index is -0.426. The van der Waals surface area contributed by atoms with Gasteiger partial charge in [-0.05, 0) is 25.0 Å². The van der Waals surface area contributed by atoms with Gasteiger partial charge in [0, 0.05) is 12.7 Å². The van der Waals surface area contributed by atoms with E-state index in [1.807, 2.05) is 39.0 Å². The highest BCUT2D eigenvalue weighted by Crippen LogP contribution is 2.09. The lowest BCUT2D eigenvalue weighted by Gasteiger charge is -2.24. The molecule has 0 saturated carbocycles. The molecule has 1 amide bonds. The van der Waals surface area contributed by atoms with Crippen molar-refractivity contribution in [2.45, 2.75) is 39.8 Å². The quantitative estimate of drug-likeness (QED) is 0.864. The van der Waals surface area contributed by atoms with Gasteiger partial charge in [0.15, 0.2) is 0 Å². The van der Waals surface area contributed by atoms with E-state index in [0.29, 0.717) is 6.54 Å². The first kappa shape index (κ1) is 14.6. The van der Waals surface area contributed by atoms with Crippen LogP contribution < -0.4 is 5.73 Å². The molecule has 100 valence electrons. The van der Waals surface area contributed by atoms with Crippen molar-refractivity contribution in [2.75, 3.05) is 7.05 Å². The number of pyridine rings is 1. The third kappa shape index (κ3) is 3.81. The molecule has 1 aromatic rings. The molecular weight excluding hydrogens is 226 g/mol. The van der Waals surface area contributed by atoms with Crippen molar-refractivity contribution in [1.82, 2.24) is 9.88 Å². The van der Waals surface area contributed by atoms with Crippen LogP contribution in [0.5, 0.6) is 0 Å². The fraction of sp³-hybridized carbons (Fsp3) is 0.571. The Morgan fingerprint density at radius 3 is 2.72 bits per heavy atom. The Bertz CT molecular complexity index is 406. The molecule has 0 fully saturated rings. The van der Waals surface area contributed by atoms with E-state index in [2.05, 4.69) is 4.98 Å².